The molecule has 0 fully saturated rings. The van der Waals surface area contributed by atoms with Gasteiger partial charge >= 0.3 is 0 Å². The minimum atomic E-state index is -0.0654. The number of aromatic nitrogens is 2. The fourth-order valence-corrected chi connectivity index (χ4v) is 3.98. The van der Waals surface area contributed by atoms with Crippen LogP contribution in [0.25, 0.3) is 0 Å². The number of ether oxygens (including phenoxy) is 1. The molecule has 29 heavy (non-hydrogen) atoms. The fourth-order valence-electron chi connectivity index (χ4n) is 3.98. The Morgan fingerprint density at radius 2 is 2.03 bits per heavy atom. The lowest BCUT2D eigenvalue weighted by atomic mass is 10.0. The van der Waals surface area contributed by atoms with Gasteiger partial charge in [0.25, 0.3) is 5.91 Å². The molecule has 0 saturated heterocycles. The summed E-state index contributed by atoms with van der Waals surface area (Å²) in [5.41, 5.74) is 5.17. The van der Waals surface area contributed by atoms with E-state index < -0.39 is 0 Å². The average molecular weight is 389 g/mol. The van der Waals surface area contributed by atoms with Gasteiger partial charge in [-0.1, -0.05) is 36.4 Å². The molecule has 150 valence electrons. The third-order valence-corrected chi connectivity index (χ3v) is 5.39. The highest BCUT2D eigenvalue weighted by Gasteiger charge is 2.26. The second kappa shape index (κ2) is 8.11. The predicted molar refractivity (Wildman–Crippen MR) is 113 cm³/mol. The summed E-state index contributed by atoms with van der Waals surface area (Å²) in [7, 11) is 1.89. The molecule has 1 unspecified atom stereocenters. The van der Waals surface area contributed by atoms with E-state index in [0.29, 0.717) is 12.0 Å². The molecule has 0 saturated carbocycles. The number of carbonyl (C=O) groups is 1. The normalized spacial score (nSPS) is 15.4. The third-order valence-electron chi connectivity index (χ3n) is 5.39. The molecule has 3 aromatic rings. The van der Waals surface area contributed by atoms with E-state index in [9.17, 15) is 4.79 Å². The Morgan fingerprint density at radius 3 is 2.79 bits per heavy atom. The number of rotatable bonds is 6. The molecular formula is C24H27N3O2. The van der Waals surface area contributed by atoms with Crippen molar-refractivity contribution in [3.8, 4) is 5.75 Å². The standard InChI is InChI=1S/C24H27N3O2/c1-16(2)29-19-10-11-20-18(14-19)9-12-22(20)26-24(28)21-15-25-27(3)23(21)13-17-7-5-4-6-8-17/h4-8,10-11,14-16,22H,9,12-13H2,1-3H3,(H,26,28). The molecule has 1 heterocycles. The minimum Gasteiger partial charge on any atom is -0.491 e. The summed E-state index contributed by atoms with van der Waals surface area (Å²) in [6, 6.07) is 16.4. The number of amides is 1. The summed E-state index contributed by atoms with van der Waals surface area (Å²) in [6.07, 6.45) is 4.35. The van der Waals surface area contributed by atoms with Gasteiger partial charge in [0.1, 0.15) is 5.75 Å². The molecule has 0 radical (unpaired) electrons. The highest BCUT2D eigenvalue weighted by atomic mass is 16.5. The lowest BCUT2D eigenvalue weighted by Gasteiger charge is -2.16. The molecule has 0 bridgehead atoms. The van der Waals surface area contributed by atoms with Crippen molar-refractivity contribution in [2.45, 2.75) is 45.3 Å². The summed E-state index contributed by atoms with van der Waals surface area (Å²) < 4.78 is 7.59. The van der Waals surface area contributed by atoms with Crippen molar-refractivity contribution in [3.63, 3.8) is 0 Å². The van der Waals surface area contributed by atoms with Crippen LogP contribution in [0.2, 0.25) is 0 Å². The van der Waals surface area contributed by atoms with E-state index in [1.54, 1.807) is 10.9 Å². The van der Waals surface area contributed by atoms with Crippen LogP contribution < -0.4 is 10.1 Å². The summed E-state index contributed by atoms with van der Waals surface area (Å²) in [6.45, 7) is 4.05. The smallest absolute Gasteiger partial charge is 0.255 e. The van der Waals surface area contributed by atoms with E-state index >= 15 is 0 Å². The zero-order valence-electron chi connectivity index (χ0n) is 17.2. The maximum absolute atomic E-state index is 13.1. The van der Waals surface area contributed by atoms with Gasteiger partial charge in [-0.25, -0.2) is 0 Å². The average Bonchev–Trinajstić information content (AvgIpc) is 3.26. The molecule has 5 nitrogen and oxygen atoms in total. The number of nitrogens with zero attached hydrogens (tertiary/aromatic N) is 2. The van der Waals surface area contributed by atoms with Crippen LogP contribution in [0.4, 0.5) is 0 Å². The van der Waals surface area contributed by atoms with Gasteiger partial charge in [-0.2, -0.15) is 5.10 Å². The molecule has 5 heteroatoms. The Labute approximate surface area is 171 Å². The van der Waals surface area contributed by atoms with E-state index in [2.05, 4.69) is 34.7 Å². The van der Waals surface area contributed by atoms with Crippen molar-refractivity contribution in [2.75, 3.05) is 0 Å². The summed E-state index contributed by atoms with van der Waals surface area (Å²) in [5.74, 6) is 0.826. The molecule has 1 aromatic heterocycles. The van der Waals surface area contributed by atoms with Crippen LogP contribution in [0.3, 0.4) is 0 Å². The van der Waals surface area contributed by atoms with Gasteiger partial charge in [-0.05, 0) is 55.5 Å². The van der Waals surface area contributed by atoms with E-state index in [0.717, 1.165) is 29.8 Å². The second-order valence-corrected chi connectivity index (χ2v) is 7.88. The Hall–Kier alpha value is -3.08. The van der Waals surface area contributed by atoms with Gasteiger partial charge in [0, 0.05) is 13.5 Å². The van der Waals surface area contributed by atoms with Gasteiger partial charge in [0.15, 0.2) is 0 Å². The molecule has 1 N–H and O–H groups in total. The van der Waals surface area contributed by atoms with Gasteiger partial charge in [-0.3, -0.25) is 9.48 Å². The SMILES string of the molecule is CC(C)Oc1ccc2c(c1)CCC2NC(=O)c1cnn(C)c1Cc1ccccc1. The van der Waals surface area contributed by atoms with E-state index in [-0.39, 0.29) is 18.1 Å². The topological polar surface area (TPSA) is 56.1 Å². The summed E-state index contributed by atoms with van der Waals surface area (Å²) in [4.78, 5) is 13.1. The third kappa shape index (κ3) is 4.19. The molecule has 2 aromatic carbocycles. The van der Waals surface area contributed by atoms with E-state index in [1.165, 1.54) is 11.1 Å². The first kappa shape index (κ1) is 19.2. The van der Waals surface area contributed by atoms with Crippen molar-refractivity contribution in [1.29, 1.82) is 0 Å². The van der Waals surface area contributed by atoms with Gasteiger partial charge in [-0.15, -0.1) is 0 Å². The number of hydrogen-bond acceptors (Lipinski definition) is 3. The van der Waals surface area contributed by atoms with Crippen molar-refractivity contribution in [1.82, 2.24) is 15.1 Å². The highest BCUT2D eigenvalue weighted by molar-refractivity contribution is 5.95. The number of hydrogen-bond donors (Lipinski definition) is 1. The quantitative estimate of drug-likeness (QED) is 0.687. The molecular weight excluding hydrogens is 362 g/mol. The van der Waals surface area contributed by atoms with Crippen LogP contribution in [-0.4, -0.2) is 21.8 Å². The lowest BCUT2D eigenvalue weighted by molar-refractivity contribution is 0.0935. The van der Waals surface area contributed by atoms with E-state index in [1.807, 2.05) is 45.2 Å². The molecule has 0 spiro atoms. The zero-order chi connectivity index (χ0) is 20.4. The number of fused-ring (bicyclic) bond motifs is 1. The van der Waals surface area contributed by atoms with Crippen LogP contribution >= 0.6 is 0 Å². The molecule has 4 rings (SSSR count). The second-order valence-electron chi connectivity index (χ2n) is 7.88. The highest BCUT2D eigenvalue weighted by Crippen LogP contribution is 2.34. The lowest BCUT2D eigenvalue weighted by Crippen LogP contribution is -2.28. The first-order valence-corrected chi connectivity index (χ1v) is 10.2. The maximum atomic E-state index is 13.1. The van der Waals surface area contributed by atoms with Crippen LogP contribution in [0, 0.1) is 0 Å². The Bertz CT molecular complexity index is 1010. The maximum Gasteiger partial charge on any atom is 0.255 e. The molecule has 1 aliphatic carbocycles. The Morgan fingerprint density at radius 1 is 1.24 bits per heavy atom. The Balaban J connectivity index is 1.50. The largest absolute Gasteiger partial charge is 0.491 e. The van der Waals surface area contributed by atoms with E-state index in [4.69, 9.17) is 4.74 Å². The van der Waals surface area contributed by atoms with Crippen LogP contribution in [-0.2, 0) is 19.9 Å². The first-order valence-electron chi connectivity index (χ1n) is 10.2. The predicted octanol–water partition coefficient (Wildman–Crippen LogP) is 4.22. The number of carbonyl (C=O) groups excluding carboxylic acids is 1. The van der Waals surface area contributed by atoms with Crippen molar-refractivity contribution >= 4 is 5.91 Å². The number of aryl methyl sites for hydroxylation is 2. The number of benzene rings is 2. The monoisotopic (exact) mass is 389 g/mol. The van der Waals surface area contributed by atoms with Gasteiger partial charge in [0.05, 0.1) is 29.6 Å². The Kier molecular flexibility index (Phi) is 5.38. The van der Waals surface area contributed by atoms with Crippen LogP contribution in [0.1, 0.15) is 59.1 Å². The summed E-state index contributed by atoms with van der Waals surface area (Å²) >= 11 is 0. The first-order chi connectivity index (χ1) is 14.0. The minimum absolute atomic E-state index is 0.0235. The van der Waals surface area contributed by atoms with Crippen molar-refractivity contribution in [2.24, 2.45) is 7.05 Å². The van der Waals surface area contributed by atoms with Crippen LogP contribution in [0.5, 0.6) is 5.75 Å². The molecule has 1 amide bonds. The zero-order valence-corrected chi connectivity index (χ0v) is 17.2. The fraction of sp³-hybridized carbons (Fsp3) is 0.333. The number of nitrogens with one attached hydrogen (secondary N) is 1. The molecule has 1 atom stereocenters. The van der Waals surface area contributed by atoms with Crippen molar-refractivity contribution in [3.05, 3.63) is 82.7 Å². The van der Waals surface area contributed by atoms with Gasteiger partial charge < -0.3 is 10.1 Å². The van der Waals surface area contributed by atoms with Gasteiger partial charge in [0.2, 0.25) is 0 Å². The van der Waals surface area contributed by atoms with Crippen molar-refractivity contribution < 1.29 is 9.53 Å². The van der Waals surface area contributed by atoms with Crippen LogP contribution in [0.15, 0.2) is 54.7 Å². The summed E-state index contributed by atoms with van der Waals surface area (Å²) in [5, 5.41) is 7.55. The molecule has 0 aliphatic heterocycles. The molecule has 1 aliphatic rings.